The van der Waals surface area contributed by atoms with Crippen molar-refractivity contribution in [2.75, 3.05) is 14.2 Å². The maximum atomic E-state index is 5.37. The van der Waals surface area contributed by atoms with Crippen molar-refractivity contribution in [3.8, 4) is 11.5 Å². The Morgan fingerprint density at radius 1 is 0.750 bits per heavy atom. The van der Waals surface area contributed by atoms with E-state index in [0.29, 0.717) is 0 Å². The van der Waals surface area contributed by atoms with Gasteiger partial charge in [0.05, 0.1) is 14.2 Å². The smallest absolute Gasteiger partial charge is 0.122 e. The van der Waals surface area contributed by atoms with Gasteiger partial charge in [0.15, 0.2) is 0 Å². The normalized spacial score (nSPS) is 10.3. The van der Waals surface area contributed by atoms with E-state index in [2.05, 4.69) is 24.3 Å². The first-order chi connectivity index (χ1) is 9.83. The summed E-state index contributed by atoms with van der Waals surface area (Å²) in [5.41, 5.74) is 2.66. The highest BCUT2D eigenvalue weighted by molar-refractivity contribution is 5.33. The Hall–Kier alpha value is -1.96. The van der Waals surface area contributed by atoms with Gasteiger partial charge in [-0.05, 0) is 55.0 Å². The fourth-order valence-electron chi connectivity index (χ4n) is 2.35. The zero-order chi connectivity index (χ0) is 14.2. The highest BCUT2D eigenvalue weighted by atomic mass is 16.5. The monoisotopic (exact) mass is 270 g/mol. The molecule has 0 saturated heterocycles. The summed E-state index contributed by atoms with van der Waals surface area (Å²) in [5.74, 6) is 1.92. The highest BCUT2D eigenvalue weighted by Crippen LogP contribution is 2.20. The fourth-order valence-corrected chi connectivity index (χ4v) is 2.35. The molecule has 0 radical (unpaired) electrons. The quantitative estimate of drug-likeness (QED) is 0.699. The lowest BCUT2D eigenvalue weighted by molar-refractivity contribution is 0.409. The molecule has 0 heterocycles. The average molecular weight is 270 g/mol. The summed E-state index contributed by atoms with van der Waals surface area (Å²) in [6, 6.07) is 16.6. The molecule has 0 aliphatic carbocycles. The number of aryl methyl sites for hydroxylation is 2. The molecule has 2 nitrogen and oxygen atoms in total. The predicted octanol–water partition coefficient (Wildman–Crippen LogP) is 4.27. The molecule has 0 spiro atoms. The molecular weight excluding hydrogens is 248 g/mol. The molecule has 0 fully saturated rings. The molecule has 2 aromatic carbocycles. The van der Waals surface area contributed by atoms with Crippen molar-refractivity contribution in [2.24, 2.45) is 0 Å². The summed E-state index contributed by atoms with van der Waals surface area (Å²) in [6.07, 6.45) is 4.54. The van der Waals surface area contributed by atoms with Crippen LogP contribution in [0.5, 0.6) is 11.5 Å². The van der Waals surface area contributed by atoms with Crippen molar-refractivity contribution in [3.63, 3.8) is 0 Å². The zero-order valence-corrected chi connectivity index (χ0v) is 12.3. The van der Waals surface area contributed by atoms with E-state index in [1.165, 1.54) is 24.0 Å². The van der Waals surface area contributed by atoms with Gasteiger partial charge in [-0.15, -0.1) is 0 Å². The van der Waals surface area contributed by atoms with E-state index in [9.17, 15) is 0 Å². The number of unbranched alkanes of at least 4 members (excludes halogenated alkanes) is 1. The van der Waals surface area contributed by atoms with Gasteiger partial charge in [-0.2, -0.15) is 0 Å². The first-order valence-electron chi connectivity index (χ1n) is 7.08. The SMILES string of the molecule is COc1ccc(CCCCc2ccccc2OC)cc1. The van der Waals surface area contributed by atoms with Gasteiger partial charge in [-0.25, -0.2) is 0 Å². The second kappa shape index (κ2) is 7.59. The Kier molecular flexibility index (Phi) is 5.48. The lowest BCUT2D eigenvalue weighted by Gasteiger charge is -2.08. The first kappa shape index (κ1) is 14.4. The Balaban J connectivity index is 1.78. The molecule has 0 saturated carbocycles. The van der Waals surface area contributed by atoms with Crippen molar-refractivity contribution < 1.29 is 9.47 Å². The van der Waals surface area contributed by atoms with E-state index in [1.807, 2.05) is 24.3 Å². The molecule has 106 valence electrons. The van der Waals surface area contributed by atoms with Crippen LogP contribution in [0.3, 0.4) is 0 Å². The summed E-state index contributed by atoms with van der Waals surface area (Å²) < 4.78 is 10.5. The Morgan fingerprint density at radius 3 is 2.15 bits per heavy atom. The molecule has 2 aromatic rings. The standard InChI is InChI=1S/C18H22O2/c1-19-17-13-11-15(12-14-17)7-3-4-8-16-9-5-6-10-18(16)20-2/h5-6,9-14H,3-4,7-8H2,1-2H3. The van der Waals surface area contributed by atoms with E-state index in [4.69, 9.17) is 9.47 Å². The van der Waals surface area contributed by atoms with E-state index in [1.54, 1.807) is 14.2 Å². The summed E-state index contributed by atoms with van der Waals surface area (Å²) in [6.45, 7) is 0. The Morgan fingerprint density at radius 2 is 1.45 bits per heavy atom. The van der Waals surface area contributed by atoms with Crippen LogP contribution in [0.1, 0.15) is 24.0 Å². The van der Waals surface area contributed by atoms with Crippen LogP contribution in [0, 0.1) is 0 Å². The van der Waals surface area contributed by atoms with Crippen LogP contribution in [-0.2, 0) is 12.8 Å². The molecule has 2 rings (SSSR count). The minimum Gasteiger partial charge on any atom is -0.497 e. The maximum Gasteiger partial charge on any atom is 0.122 e. The van der Waals surface area contributed by atoms with Crippen LogP contribution in [0.25, 0.3) is 0 Å². The van der Waals surface area contributed by atoms with Gasteiger partial charge < -0.3 is 9.47 Å². The summed E-state index contributed by atoms with van der Waals surface area (Å²) >= 11 is 0. The molecule has 0 unspecified atom stereocenters. The van der Waals surface area contributed by atoms with Gasteiger partial charge in [0, 0.05) is 0 Å². The van der Waals surface area contributed by atoms with Crippen LogP contribution < -0.4 is 9.47 Å². The van der Waals surface area contributed by atoms with Gasteiger partial charge in [0.25, 0.3) is 0 Å². The molecule has 0 amide bonds. The van der Waals surface area contributed by atoms with Gasteiger partial charge in [0.1, 0.15) is 11.5 Å². The van der Waals surface area contributed by atoms with Crippen molar-refractivity contribution in [1.29, 1.82) is 0 Å². The molecule has 0 aliphatic rings. The number of benzene rings is 2. The number of ether oxygens (including phenoxy) is 2. The summed E-state index contributed by atoms with van der Waals surface area (Å²) in [5, 5.41) is 0. The lowest BCUT2D eigenvalue weighted by atomic mass is 10.0. The maximum absolute atomic E-state index is 5.37. The second-order valence-corrected chi connectivity index (χ2v) is 4.87. The second-order valence-electron chi connectivity index (χ2n) is 4.87. The topological polar surface area (TPSA) is 18.5 Å². The van der Waals surface area contributed by atoms with Gasteiger partial charge in [-0.3, -0.25) is 0 Å². The number of methoxy groups -OCH3 is 2. The fraction of sp³-hybridized carbons (Fsp3) is 0.333. The van der Waals surface area contributed by atoms with E-state index in [-0.39, 0.29) is 0 Å². The largest absolute Gasteiger partial charge is 0.497 e. The van der Waals surface area contributed by atoms with Crippen LogP contribution in [0.15, 0.2) is 48.5 Å². The molecule has 0 aromatic heterocycles. The molecule has 0 atom stereocenters. The molecule has 0 bridgehead atoms. The van der Waals surface area contributed by atoms with E-state index in [0.717, 1.165) is 24.3 Å². The third-order valence-corrected chi connectivity index (χ3v) is 3.51. The molecule has 0 aliphatic heterocycles. The minimum atomic E-state index is 0.919. The van der Waals surface area contributed by atoms with Crippen molar-refractivity contribution in [1.82, 2.24) is 0 Å². The van der Waals surface area contributed by atoms with E-state index >= 15 is 0 Å². The highest BCUT2D eigenvalue weighted by Gasteiger charge is 2.01. The average Bonchev–Trinajstić information content (AvgIpc) is 2.52. The zero-order valence-electron chi connectivity index (χ0n) is 12.3. The van der Waals surface area contributed by atoms with Crippen LogP contribution in [0.2, 0.25) is 0 Å². The van der Waals surface area contributed by atoms with Gasteiger partial charge >= 0.3 is 0 Å². The van der Waals surface area contributed by atoms with Crippen molar-refractivity contribution in [3.05, 3.63) is 59.7 Å². The summed E-state index contributed by atoms with van der Waals surface area (Å²) in [7, 11) is 3.43. The van der Waals surface area contributed by atoms with Crippen LogP contribution in [-0.4, -0.2) is 14.2 Å². The van der Waals surface area contributed by atoms with Crippen LogP contribution in [0.4, 0.5) is 0 Å². The summed E-state index contributed by atoms with van der Waals surface area (Å²) in [4.78, 5) is 0. The molecule has 0 N–H and O–H groups in total. The Bertz CT molecular complexity index is 517. The van der Waals surface area contributed by atoms with Gasteiger partial charge in [0.2, 0.25) is 0 Å². The first-order valence-corrected chi connectivity index (χ1v) is 7.08. The van der Waals surface area contributed by atoms with Gasteiger partial charge in [-0.1, -0.05) is 30.3 Å². The van der Waals surface area contributed by atoms with Crippen molar-refractivity contribution >= 4 is 0 Å². The third-order valence-electron chi connectivity index (χ3n) is 3.51. The predicted molar refractivity (Wildman–Crippen MR) is 82.6 cm³/mol. The molecular formula is C18H22O2. The van der Waals surface area contributed by atoms with E-state index < -0.39 is 0 Å². The minimum absolute atomic E-state index is 0.919. The van der Waals surface area contributed by atoms with Crippen molar-refractivity contribution in [2.45, 2.75) is 25.7 Å². The Labute approximate surface area is 121 Å². The number of para-hydroxylation sites is 1. The molecule has 20 heavy (non-hydrogen) atoms. The van der Waals surface area contributed by atoms with Crippen LogP contribution >= 0.6 is 0 Å². The third kappa shape index (κ3) is 4.02. The number of hydrogen-bond donors (Lipinski definition) is 0. The lowest BCUT2D eigenvalue weighted by Crippen LogP contribution is -1.93. The molecule has 2 heteroatoms. The number of rotatable bonds is 7. The number of hydrogen-bond acceptors (Lipinski definition) is 2.